The fourth-order valence-electron chi connectivity index (χ4n) is 2.63. The molecule has 0 N–H and O–H groups in total. The summed E-state index contributed by atoms with van der Waals surface area (Å²) in [5.41, 5.74) is 2.02. The summed E-state index contributed by atoms with van der Waals surface area (Å²) >= 11 is 6.19. The minimum atomic E-state index is -0.433. The fourth-order valence-corrected chi connectivity index (χ4v) is 2.92. The molecule has 1 aromatic carbocycles. The van der Waals surface area contributed by atoms with E-state index < -0.39 is 4.92 Å². The molecule has 0 spiro atoms. The predicted molar refractivity (Wildman–Crippen MR) is 86.8 cm³/mol. The molecule has 1 saturated heterocycles. The third-order valence-electron chi connectivity index (χ3n) is 3.79. The lowest BCUT2D eigenvalue weighted by molar-refractivity contribution is -0.384. The van der Waals surface area contributed by atoms with Crippen molar-refractivity contribution in [2.45, 2.75) is 0 Å². The third-order valence-corrected chi connectivity index (χ3v) is 4.09. The van der Waals surface area contributed by atoms with Gasteiger partial charge in [-0.3, -0.25) is 15.1 Å². The molecule has 0 atom stereocenters. The van der Waals surface area contributed by atoms with E-state index in [0.717, 1.165) is 37.6 Å². The first-order valence-electron chi connectivity index (χ1n) is 6.99. The van der Waals surface area contributed by atoms with Gasteiger partial charge < -0.3 is 9.80 Å². The molecule has 0 unspecified atom stereocenters. The minimum Gasteiger partial charge on any atom is -0.368 e. The van der Waals surface area contributed by atoms with Crippen molar-refractivity contribution < 1.29 is 4.92 Å². The lowest BCUT2D eigenvalue weighted by atomic mass is 10.2. The van der Waals surface area contributed by atoms with Crippen LogP contribution in [0.25, 0.3) is 0 Å². The molecule has 114 valence electrons. The normalized spacial score (nSPS) is 15.0. The highest BCUT2D eigenvalue weighted by Gasteiger charge is 2.20. The Kier molecular flexibility index (Phi) is 4.11. The zero-order chi connectivity index (χ0) is 15.5. The summed E-state index contributed by atoms with van der Waals surface area (Å²) in [6, 6.07) is 8.62. The number of hydrogen-bond acceptors (Lipinski definition) is 5. The van der Waals surface area contributed by atoms with Crippen molar-refractivity contribution in [1.29, 1.82) is 0 Å². The van der Waals surface area contributed by atoms with Gasteiger partial charge in [-0.15, -0.1) is 0 Å². The first-order chi connectivity index (χ1) is 10.6. The molecule has 1 fully saturated rings. The van der Waals surface area contributed by atoms with Gasteiger partial charge in [0.2, 0.25) is 0 Å². The number of pyridine rings is 1. The van der Waals surface area contributed by atoms with Crippen LogP contribution in [-0.4, -0.2) is 36.1 Å². The quantitative estimate of drug-likeness (QED) is 0.643. The largest absolute Gasteiger partial charge is 0.368 e. The minimum absolute atomic E-state index is 0.0178. The summed E-state index contributed by atoms with van der Waals surface area (Å²) < 4.78 is 0. The van der Waals surface area contributed by atoms with E-state index in [4.69, 9.17) is 11.6 Å². The summed E-state index contributed by atoms with van der Waals surface area (Å²) in [7, 11) is 0. The van der Waals surface area contributed by atoms with Crippen LogP contribution in [-0.2, 0) is 0 Å². The lowest BCUT2D eigenvalue weighted by Crippen LogP contribution is -2.46. The highest BCUT2D eigenvalue weighted by atomic mass is 35.5. The van der Waals surface area contributed by atoms with E-state index in [1.807, 2.05) is 12.1 Å². The standard InChI is InChI=1S/C15H15ClN4O2/c16-14-11-13(20(21)22)1-2-15(14)19-9-7-18(8-10-19)12-3-5-17-6-4-12/h1-6,11H,7-10H2. The Morgan fingerprint density at radius 3 is 2.27 bits per heavy atom. The highest BCUT2D eigenvalue weighted by molar-refractivity contribution is 6.33. The number of non-ortho nitro benzene ring substituents is 1. The molecule has 0 aliphatic carbocycles. The molecule has 22 heavy (non-hydrogen) atoms. The van der Waals surface area contributed by atoms with Gasteiger partial charge in [-0.2, -0.15) is 0 Å². The van der Waals surface area contributed by atoms with Crippen molar-refractivity contribution in [2.24, 2.45) is 0 Å². The van der Waals surface area contributed by atoms with Crippen LogP contribution in [0.15, 0.2) is 42.7 Å². The van der Waals surface area contributed by atoms with Gasteiger partial charge in [-0.1, -0.05) is 11.6 Å². The van der Waals surface area contributed by atoms with E-state index in [1.165, 1.54) is 12.1 Å². The summed E-state index contributed by atoms with van der Waals surface area (Å²) in [4.78, 5) is 18.8. The Morgan fingerprint density at radius 1 is 1.05 bits per heavy atom. The molecule has 7 heteroatoms. The molecular formula is C15H15ClN4O2. The van der Waals surface area contributed by atoms with Crippen LogP contribution in [0.2, 0.25) is 5.02 Å². The number of nitrogens with zero attached hydrogens (tertiary/aromatic N) is 4. The molecule has 0 amide bonds. The van der Waals surface area contributed by atoms with Gasteiger partial charge in [0.15, 0.2) is 0 Å². The molecule has 0 bridgehead atoms. The highest BCUT2D eigenvalue weighted by Crippen LogP contribution is 2.30. The van der Waals surface area contributed by atoms with Crippen LogP contribution >= 0.6 is 11.6 Å². The van der Waals surface area contributed by atoms with Crippen LogP contribution in [0.5, 0.6) is 0 Å². The lowest BCUT2D eigenvalue weighted by Gasteiger charge is -2.37. The van der Waals surface area contributed by atoms with E-state index in [-0.39, 0.29) is 5.69 Å². The number of hydrogen-bond donors (Lipinski definition) is 0. The number of anilines is 2. The van der Waals surface area contributed by atoms with Crippen molar-refractivity contribution >= 4 is 28.7 Å². The van der Waals surface area contributed by atoms with Crippen LogP contribution in [0, 0.1) is 10.1 Å². The zero-order valence-electron chi connectivity index (χ0n) is 11.9. The zero-order valence-corrected chi connectivity index (χ0v) is 12.6. The van der Waals surface area contributed by atoms with E-state index >= 15 is 0 Å². The maximum absolute atomic E-state index is 10.8. The van der Waals surface area contributed by atoms with Crippen LogP contribution < -0.4 is 9.80 Å². The molecule has 1 aliphatic heterocycles. The summed E-state index contributed by atoms with van der Waals surface area (Å²) in [6.07, 6.45) is 3.57. The molecule has 1 aromatic heterocycles. The van der Waals surface area contributed by atoms with E-state index in [1.54, 1.807) is 18.5 Å². The molecule has 1 aliphatic rings. The van der Waals surface area contributed by atoms with Crippen LogP contribution in [0.1, 0.15) is 0 Å². The average Bonchev–Trinajstić information content (AvgIpc) is 2.56. The van der Waals surface area contributed by atoms with Crippen molar-refractivity contribution in [3.8, 4) is 0 Å². The number of benzene rings is 1. The molecular weight excluding hydrogens is 304 g/mol. The summed E-state index contributed by atoms with van der Waals surface area (Å²) in [5.74, 6) is 0. The van der Waals surface area contributed by atoms with Gasteiger partial charge in [-0.05, 0) is 18.2 Å². The first-order valence-corrected chi connectivity index (χ1v) is 7.37. The molecule has 3 rings (SSSR count). The smallest absolute Gasteiger partial charge is 0.271 e. The average molecular weight is 319 g/mol. The number of aromatic nitrogens is 1. The Balaban J connectivity index is 1.70. The third kappa shape index (κ3) is 2.96. The van der Waals surface area contributed by atoms with Crippen molar-refractivity contribution in [3.05, 3.63) is 57.9 Å². The number of nitro groups is 1. The van der Waals surface area contributed by atoms with Crippen molar-refractivity contribution in [2.75, 3.05) is 36.0 Å². The number of nitro benzene ring substituents is 1. The maximum Gasteiger partial charge on any atom is 0.271 e. The second-order valence-corrected chi connectivity index (χ2v) is 5.48. The maximum atomic E-state index is 10.8. The topological polar surface area (TPSA) is 62.5 Å². The van der Waals surface area contributed by atoms with Gasteiger partial charge >= 0.3 is 0 Å². The Morgan fingerprint density at radius 2 is 1.68 bits per heavy atom. The van der Waals surface area contributed by atoms with Gasteiger partial charge in [0, 0.05) is 56.4 Å². The first kappa shape index (κ1) is 14.6. The van der Waals surface area contributed by atoms with Gasteiger partial charge in [0.25, 0.3) is 5.69 Å². The Hall–Kier alpha value is -2.34. The molecule has 2 heterocycles. The number of halogens is 1. The predicted octanol–water partition coefficient (Wildman–Crippen LogP) is 2.97. The van der Waals surface area contributed by atoms with Gasteiger partial charge in [0.05, 0.1) is 15.6 Å². The van der Waals surface area contributed by atoms with E-state index in [2.05, 4.69) is 14.8 Å². The second-order valence-electron chi connectivity index (χ2n) is 5.07. The molecule has 2 aromatic rings. The van der Waals surface area contributed by atoms with Crippen LogP contribution in [0.3, 0.4) is 0 Å². The second kappa shape index (κ2) is 6.19. The van der Waals surface area contributed by atoms with Crippen molar-refractivity contribution in [3.63, 3.8) is 0 Å². The number of rotatable bonds is 3. The molecule has 0 radical (unpaired) electrons. The Bertz CT molecular complexity index is 672. The summed E-state index contributed by atoms with van der Waals surface area (Å²) in [5, 5.41) is 11.2. The fraction of sp³-hybridized carbons (Fsp3) is 0.267. The Labute approximate surface area is 133 Å². The van der Waals surface area contributed by atoms with Crippen molar-refractivity contribution in [1.82, 2.24) is 4.98 Å². The molecule has 6 nitrogen and oxygen atoms in total. The summed E-state index contributed by atoms with van der Waals surface area (Å²) in [6.45, 7) is 3.38. The monoisotopic (exact) mass is 318 g/mol. The van der Waals surface area contributed by atoms with Gasteiger partial charge in [0.1, 0.15) is 0 Å². The van der Waals surface area contributed by atoms with E-state index in [9.17, 15) is 10.1 Å². The SMILES string of the molecule is O=[N+]([O-])c1ccc(N2CCN(c3ccncc3)CC2)c(Cl)c1. The number of piperazine rings is 1. The van der Waals surface area contributed by atoms with Crippen LogP contribution in [0.4, 0.5) is 17.1 Å². The van der Waals surface area contributed by atoms with E-state index in [0.29, 0.717) is 5.02 Å². The van der Waals surface area contributed by atoms with Gasteiger partial charge in [-0.25, -0.2) is 0 Å². The molecule has 0 saturated carbocycles.